The molecule has 1 N–H and O–H groups in total. The van der Waals surface area contributed by atoms with Gasteiger partial charge < -0.3 is 15.0 Å². The fraction of sp³-hybridized carbons (Fsp3) is 0.533. The number of carbonyl (C=O) groups excluding carboxylic acids is 1. The number of carbonyl (C=O) groups is 1. The maximum atomic E-state index is 12.0. The third-order valence-corrected chi connectivity index (χ3v) is 3.49. The first-order chi connectivity index (χ1) is 9.75. The monoisotopic (exact) mass is 277 g/mol. The Balaban J connectivity index is 1.66. The van der Waals surface area contributed by atoms with Crippen molar-refractivity contribution in [2.45, 2.75) is 0 Å². The van der Waals surface area contributed by atoms with E-state index in [1.54, 1.807) is 4.90 Å². The Morgan fingerprint density at radius 1 is 1.30 bits per heavy atom. The number of benzene rings is 1. The second-order valence-electron chi connectivity index (χ2n) is 5.01. The van der Waals surface area contributed by atoms with Gasteiger partial charge in [0.2, 0.25) is 0 Å². The zero-order chi connectivity index (χ0) is 14.2. The molecule has 0 saturated carbocycles. The van der Waals surface area contributed by atoms with Gasteiger partial charge in [0.1, 0.15) is 5.75 Å². The Bertz CT molecular complexity index is 405. The minimum atomic E-state index is 0.0176. The highest BCUT2D eigenvalue weighted by atomic mass is 16.5. The number of ether oxygens (including phenoxy) is 1. The number of nitrogens with zero attached hydrogens (tertiary/aromatic N) is 2. The van der Waals surface area contributed by atoms with Gasteiger partial charge in [0.05, 0.1) is 0 Å². The van der Waals surface area contributed by atoms with E-state index in [1.165, 1.54) is 0 Å². The maximum absolute atomic E-state index is 12.0. The Labute approximate surface area is 120 Å². The van der Waals surface area contributed by atoms with E-state index in [9.17, 15) is 4.79 Å². The zero-order valence-corrected chi connectivity index (χ0v) is 12.0. The molecule has 20 heavy (non-hydrogen) atoms. The molecular formula is C15H23N3O2. The summed E-state index contributed by atoms with van der Waals surface area (Å²) < 4.78 is 5.47. The minimum absolute atomic E-state index is 0.0176. The summed E-state index contributed by atoms with van der Waals surface area (Å²) in [5.74, 6) is 0.750. The highest BCUT2D eigenvalue weighted by Crippen LogP contribution is 2.08. The van der Waals surface area contributed by atoms with E-state index in [0.717, 1.165) is 45.0 Å². The average Bonchev–Trinajstić information content (AvgIpc) is 2.52. The van der Waals surface area contributed by atoms with Crippen LogP contribution in [0.5, 0.6) is 5.75 Å². The smallest absolute Gasteiger partial charge is 0.260 e. The summed E-state index contributed by atoms with van der Waals surface area (Å²) in [4.78, 5) is 16.1. The van der Waals surface area contributed by atoms with Gasteiger partial charge in [-0.15, -0.1) is 0 Å². The molecule has 1 fully saturated rings. The van der Waals surface area contributed by atoms with Gasteiger partial charge in [-0.2, -0.15) is 0 Å². The topological polar surface area (TPSA) is 44.8 Å². The summed E-state index contributed by atoms with van der Waals surface area (Å²) in [6.07, 6.45) is 0. The molecule has 0 bridgehead atoms. The summed E-state index contributed by atoms with van der Waals surface area (Å²) in [5.41, 5.74) is 0. The van der Waals surface area contributed by atoms with Gasteiger partial charge in [0.15, 0.2) is 6.61 Å². The van der Waals surface area contributed by atoms with Crippen molar-refractivity contribution in [2.75, 3.05) is 52.9 Å². The molecule has 2 rings (SSSR count). The van der Waals surface area contributed by atoms with Crippen LogP contribution in [-0.2, 0) is 4.79 Å². The van der Waals surface area contributed by atoms with Crippen LogP contribution in [0.3, 0.4) is 0 Å². The van der Waals surface area contributed by atoms with E-state index in [1.807, 2.05) is 37.4 Å². The first-order valence-electron chi connectivity index (χ1n) is 7.10. The summed E-state index contributed by atoms with van der Waals surface area (Å²) in [5, 5.41) is 3.32. The molecule has 0 aliphatic carbocycles. The molecule has 0 atom stereocenters. The predicted octanol–water partition coefficient (Wildman–Crippen LogP) is 0.429. The van der Waals surface area contributed by atoms with E-state index in [2.05, 4.69) is 10.2 Å². The van der Waals surface area contributed by atoms with Crippen molar-refractivity contribution < 1.29 is 9.53 Å². The Morgan fingerprint density at radius 2 is 2.00 bits per heavy atom. The lowest BCUT2D eigenvalue weighted by molar-refractivity contribution is -0.132. The average molecular weight is 277 g/mol. The minimum Gasteiger partial charge on any atom is -0.484 e. The number of para-hydroxylation sites is 1. The molecule has 1 amide bonds. The van der Waals surface area contributed by atoms with E-state index >= 15 is 0 Å². The van der Waals surface area contributed by atoms with E-state index in [4.69, 9.17) is 4.74 Å². The second-order valence-corrected chi connectivity index (χ2v) is 5.01. The summed E-state index contributed by atoms with van der Waals surface area (Å²) in [7, 11) is 1.83. The van der Waals surface area contributed by atoms with Crippen LogP contribution in [0.2, 0.25) is 0 Å². The van der Waals surface area contributed by atoms with Crippen LogP contribution in [-0.4, -0.2) is 68.6 Å². The Morgan fingerprint density at radius 3 is 2.70 bits per heavy atom. The van der Waals surface area contributed by atoms with Crippen molar-refractivity contribution in [3.8, 4) is 5.75 Å². The number of nitrogens with one attached hydrogen (secondary N) is 1. The van der Waals surface area contributed by atoms with Crippen molar-refractivity contribution >= 4 is 5.91 Å². The summed E-state index contributed by atoms with van der Waals surface area (Å²) in [6, 6.07) is 9.43. The lowest BCUT2D eigenvalue weighted by Crippen LogP contribution is -2.46. The molecule has 0 spiro atoms. The number of amides is 1. The normalized spacial score (nSPS) is 15.8. The molecule has 1 saturated heterocycles. The van der Waals surface area contributed by atoms with E-state index in [0.29, 0.717) is 0 Å². The third-order valence-electron chi connectivity index (χ3n) is 3.49. The lowest BCUT2D eigenvalue weighted by Gasteiger charge is -2.29. The van der Waals surface area contributed by atoms with Crippen molar-refractivity contribution in [3.63, 3.8) is 0 Å². The number of likely N-dealkylation sites (N-methyl/N-ethyl adjacent to an activating group) is 1. The first kappa shape index (κ1) is 14.8. The van der Waals surface area contributed by atoms with Gasteiger partial charge in [-0.3, -0.25) is 9.69 Å². The largest absolute Gasteiger partial charge is 0.484 e. The number of rotatable bonds is 6. The number of hydrogen-bond donors (Lipinski definition) is 1. The van der Waals surface area contributed by atoms with Crippen LogP contribution in [0, 0.1) is 0 Å². The van der Waals surface area contributed by atoms with Crippen LogP contribution in [0.15, 0.2) is 30.3 Å². The van der Waals surface area contributed by atoms with Crippen molar-refractivity contribution in [2.24, 2.45) is 0 Å². The van der Waals surface area contributed by atoms with Crippen molar-refractivity contribution in [1.29, 1.82) is 0 Å². The van der Waals surface area contributed by atoms with Gasteiger partial charge >= 0.3 is 0 Å². The van der Waals surface area contributed by atoms with Crippen LogP contribution < -0.4 is 10.1 Å². The molecular weight excluding hydrogens is 254 g/mol. The third kappa shape index (κ3) is 4.83. The molecule has 0 aromatic heterocycles. The van der Waals surface area contributed by atoms with Gasteiger partial charge in [0, 0.05) is 46.3 Å². The Kier molecular flexibility index (Phi) is 5.83. The zero-order valence-electron chi connectivity index (χ0n) is 12.0. The number of hydrogen-bond acceptors (Lipinski definition) is 4. The Hall–Kier alpha value is -1.59. The molecule has 1 aliphatic rings. The number of piperazine rings is 1. The molecule has 1 aliphatic heterocycles. The predicted molar refractivity (Wildman–Crippen MR) is 78.9 cm³/mol. The lowest BCUT2D eigenvalue weighted by atomic mass is 10.3. The van der Waals surface area contributed by atoms with E-state index in [-0.39, 0.29) is 12.5 Å². The molecule has 0 radical (unpaired) electrons. The summed E-state index contributed by atoms with van der Waals surface area (Å²) in [6.45, 7) is 5.96. The molecule has 5 nitrogen and oxygen atoms in total. The standard InChI is InChI=1S/C15H23N3O2/c1-17(11-12-18-9-7-16-8-10-18)15(19)13-20-14-5-3-2-4-6-14/h2-6,16H,7-13H2,1H3. The first-order valence-corrected chi connectivity index (χ1v) is 7.10. The van der Waals surface area contributed by atoms with Crippen LogP contribution in [0.1, 0.15) is 0 Å². The molecule has 5 heteroatoms. The van der Waals surface area contributed by atoms with Gasteiger partial charge in [-0.25, -0.2) is 0 Å². The van der Waals surface area contributed by atoms with Gasteiger partial charge in [-0.05, 0) is 12.1 Å². The molecule has 1 aromatic rings. The van der Waals surface area contributed by atoms with Crippen LogP contribution in [0.4, 0.5) is 0 Å². The maximum Gasteiger partial charge on any atom is 0.260 e. The fourth-order valence-corrected chi connectivity index (χ4v) is 2.12. The second kappa shape index (κ2) is 7.87. The van der Waals surface area contributed by atoms with Crippen LogP contribution in [0.25, 0.3) is 0 Å². The van der Waals surface area contributed by atoms with Crippen molar-refractivity contribution in [1.82, 2.24) is 15.1 Å². The highest BCUT2D eigenvalue weighted by molar-refractivity contribution is 5.77. The van der Waals surface area contributed by atoms with Crippen molar-refractivity contribution in [3.05, 3.63) is 30.3 Å². The highest BCUT2D eigenvalue weighted by Gasteiger charge is 2.13. The fourth-order valence-electron chi connectivity index (χ4n) is 2.12. The summed E-state index contributed by atoms with van der Waals surface area (Å²) >= 11 is 0. The quantitative estimate of drug-likeness (QED) is 0.819. The SMILES string of the molecule is CN(CCN1CCNCC1)C(=O)COc1ccccc1. The molecule has 1 heterocycles. The molecule has 0 unspecified atom stereocenters. The van der Waals surface area contributed by atoms with Crippen LogP contribution >= 0.6 is 0 Å². The molecule has 1 aromatic carbocycles. The van der Waals surface area contributed by atoms with E-state index < -0.39 is 0 Å². The van der Waals surface area contributed by atoms with Gasteiger partial charge in [0.25, 0.3) is 5.91 Å². The molecule has 110 valence electrons. The van der Waals surface area contributed by atoms with Gasteiger partial charge in [-0.1, -0.05) is 18.2 Å².